The van der Waals surface area contributed by atoms with Crippen LogP contribution in [0.5, 0.6) is 6.01 Å². The van der Waals surface area contributed by atoms with E-state index in [-0.39, 0.29) is 6.10 Å². The average molecular weight is 334 g/mol. The largest absolute Gasteiger partial charge is 0.460 e. The third-order valence-corrected chi connectivity index (χ3v) is 5.57. The number of nitrogens with zero attached hydrogens (tertiary/aromatic N) is 3. The van der Waals surface area contributed by atoms with Gasteiger partial charge in [0, 0.05) is 48.7 Å². The molecule has 5 rings (SSSR count). The van der Waals surface area contributed by atoms with E-state index in [4.69, 9.17) is 4.74 Å². The third-order valence-electron chi connectivity index (χ3n) is 5.57. The molecule has 1 aromatic carbocycles. The molecule has 0 aliphatic carbocycles. The lowest BCUT2D eigenvalue weighted by Crippen LogP contribution is -2.49. The number of fused-ring (bicyclic) bond motifs is 3. The molecule has 3 unspecified atom stereocenters. The third kappa shape index (κ3) is 2.89. The zero-order valence-electron chi connectivity index (χ0n) is 14.2. The Morgan fingerprint density at radius 1 is 1.04 bits per heavy atom. The minimum absolute atomic E-state index is 0.263. The molecule has 128 valence electrons. The lowest BCUT2D eigenvalue weighted by Gasteiger charge is -2.41. The molecule has 1 N–H and O–H groups in total. The molecule has 5 heteroatoms. The van der Waals surface area contributed by atoms with Crippen LogP contribution in [-0.4, -0.2) is 45.6 Å². The van der Waals surface area contributed by atoms with Crippen LogP contribution >= 0.6 is 0 Å². The Morgan fingerprint density at radius 3 is 2.88 bits per heavy atom. The van der Waals surface area contributed by atoms with Gasteiger partial charge in [-0.05, 0) is 55.0 Å². The Kier molecular flexibility index (Phi) is 3.67. The van der Waals surface area contributed by atoms with Crippen LogP contribution < -0.4 is 4.74 Å². The number of H-pyrrole nitrogens is 1. The molecule has 2 bridgehead atoms. The Hall–Kier alpha value is -2.40. The van der Waals surface area contributed by atoms with E-state index < -0.39 is 0 Å². The Bertz CT molecular complexity index is 873. The van der Waals surface area contributed by atoms with Crippen LogP contribution in [0.25, 0.3) is 22.0 Å². The molecule has 0 saturated carbocycles. The predicted octanol–water partition coefficient (Wildman–Crippen LogP) is 3.49. The number of piperidine rings is 2. The van der Waals surface area contributed by atoms with E-state index in [1.54, 1.807) is 0 Å². The maximum absolute atomic E-state index is 6.14. The van der Waals surface area contributed by atoms with E-state index >= 15 is 0 Å². The van der Waals surface area contributed by atoms with Crippen molar-refractivity contribution in [1.82, 2.24) is 19.9 Å². The van der Waals surface area contributed by atoms with Crippen LogP contribution in [0.1, 0.15) is 19.3 Å². The normalized spacial score (nSPS) is 25.8. The van der Waals surface area contributed by atoms with E-state index in [0.717, 1.165) is 29.6 Å². The van der Waals surface area contributed by atoms with Crippen LogP contribution in [0.2, 0.25) is 0 Å². The molecule has 3 atom stereocenters. The van der Waals surface area contributed by atoms with Crippen LogP contribution in [0.15, 0.2) is 42.9 Å². The van der Waals surface area contributed by atoms with Crippen molar-refractivity contribution < 1.29 is 4.74 Å². The highest BCUT2D eigenvalue weighted by Crippen LogP contribution is 2.29. The van der Waals surface area contributed by atoms with Gasteiger partial charge in [0.2, 0.25) is 0 Å². The van der Waals surface area contributed by atoms with Gasteiger partial charge in [-0.2, -0.15) is 0 Å². The smallest absolute Gasteiger partial charge is 0.316 e. The summed E-state index contributed by atoms with van der Waals surface area (Å²) >= 11 is 0. The van der Waals surface area contributed by atoms with Gasteiger partial charge in [0.15, 0.2) is 0 Å². The number of ether oxygens (including phenoxy) is 1. The summed E-state index contributed by atoms with van der Waals surface area (Å²) in [6, 6.07) is 8.92. The summed E-state index contributed by atoms with van der Waals surface area (Å²) in [5, 5.41) is 1.20. The zero-order chi connectivity index (χ0) is 16.6. The van der Waals surface area contributed by atoms with E-state index in [9.17, 15) is 0 Å². The summed E-state index contributed by atoms with van der Waals surface area (Å²) in [6.07, 6.45) is 9.58. The first-order valence-electron chi connectivity index (χ1n) is 9.14. The minimum atomic E-state index is 0.263. The molecular formula is C20H22N4O. The van der Waals surface area contributed by atoms with E-state index in [1.165, 1.54) is 31.3 Å². The SMILES string of the molecule is c1cc2cc(-c3cnc(OC4CCN5CCCC4C5)nc3)ccc2[nH]1. The van der Waals surface area contributed by atoms with Crippen molar-refractivity contribution in [2.75, 3.05) is 19.6 Å². The van der Waals surface area contributed by atoms with E-state index in [0.29, 0.717) is 11.9 Å². The summed E-state index contributed by atoms with van der Waals surface area (Å²) in [5.74, 6) is 0.627. The first kappa shape index (κ1) is 14.9. The number of hydrogen-bond donors (Lipinski definition) is 1. The number of aromatic amines is 1. The Morgan fingerprint density at radius 2 is 1.96 bits per heavy atom. The summed E-state index contributed by atoms with van der Waals surface area (Å²) in [5.41, 5.74) is 3.28. The first-order chi connectivity index (χ1) is 12.3. The molecule has 0 radical (unpaired) electrons. The van der Waals surface area contributed by atoms with Gasteiger partial charge >= 0.3 is 6.01 Å². The van der Waals surface area contributed by atoms with Crippen molar-refractivity contribution in [2.24, 2.45) is 5.92 Å². The maximum atomic E-state index is 6.14. The van der Waals surface area contributed by atoms with Crippen molar-refractivity contribution in [3.63, 3.8) is 0 Å². The van der Waals surface area contributed by atoms with E-state index in [2.05, 4.69) is 44.1 Å². The molecule has 2 aliphatic rings. The van der Waals surface area contributed by atoms with E-state index in [1.807, 2.05) is 18.6 Å². The standard InChI is InChI=1S/C20H22N4O/c1-2-16-13-24(8-1)9-6-19(16)25-20-22-11-17(12-23-20)14-3-4-18-15(10-14)5-7-21-18/h3-5,7,10-12,16,19,21H,1-2,6,8-9,13H2. The molecule has 4 heterocycles. The van der Waals surface area contributed by atoms with Gasteiger partial charge in [0.05, 0.1) is 0 Å². The van der Waals surface area contributed by atoms with Gasteiger partial charge in [0.1, 0.15) is 6.10 Å². The number of hydrogen-bond acceptors (Lipinski definition) is 4. The first-order valence-corrected chi connectivity index (χ1v) is 9.14. The second-order valence-corrected chi connectivity index (χ2v) is 7.18. The lowest BCUT2D eigenvalue weighted by molar-refractivity contribution is 0.0103. The van der Waals surface area contributed by atoms with Gasteiger partial charge < -0.3 is 14.6 Å². The van der Waals surface area contributed by atoms with Gasteiger partial charge in [0.25, 0.3) is 0 Å². The molecule has 25 heavy (non-hydrogen) atoms. The Labute approximate surface area is 147 Å². The van der Waals surface area contributed by atoms with Gasteiger partial charge in [-0.3, -0.25) is 0 Å². The van der Waals surface area contributed by atoms with Crippen molar-refractivity contribution in [1.29, 1.82) is 0 Å². The minimum Gasteiger partial charge on any atom is -0.460 e. The maximum Gasteiger partial charge on any atom is 0.316 e. The van der Waals surface area contributed by atoms with Crippen molar-refractivity contribution in [3.05, 3.63) is 42.9 Å². The Balaban J connectivity index is 1.32. The fourth-order valence-corrected chi connectivity index (χ4v) is 4.19. The highest BCUT2D eigenvalue weighted by molar-refractivity contribution is 5.84. The van der Waals surface area contributed by atoms with Crippen molar-refractivity contribution in [3.8, 4) is 17.1 Å². The number of aromatic nitrogens is 3. The van der Waals surface area contributed by atoms with Gasteiger partial charge in [-0.25, -0.2) is 9.97 Å². The molecule has 3 aromatic rings. The fraction of sp³-hybridized carbons (Fsp3) is 0.400. The molecule has 0 amide bonds. The molecular weight excluding hydrogens is 312 g/mol. The zero-order valence-corrected chi connectivity index (χ0v) is 14.2. The molecule has 2 saturated heterocycles. The molecule has 5 nitrogen and oxygen atoms in total. The molecule has 2 aliphatic heterocycles. The quantitative estimate of drug-likeness (QED) is 0.797. The average Bonchev–Trinajstić information content (AvgIpc) is 3.13. The number of benzene rings is 1. The lowest BCUT2D eigenvalue weighted by atomic mass is 9.87. The monoisotopic (exact) mass is 334 g/mol. The van der Waals surface area contributed by atoms with Crippen LogP contribution in [0.4, 0.5) is 0 Å². The summed E-state index contributed by atoms with van der Waals surface area (Å²) in [4.78, 5) is 14.7. The predicted molar refractivity (Wildman–Crippen MR) is 97.5 cm³/mol. The molecule has 2 fully saturated rings. The molecule has 2 aromatic heterocycles. The summed E-state index contributed by atoms with van der Waals surface area (Å²) in [6.45, 7) is 3.55. The fourth-order valence-electron chi connectivity index (χ4n) is 4.19. The van der Waals surface area contributed by atoms with Gasteiger partial charge in [-0.15, -0.1) is 0 Å². The highest BCUT2D eigenvalue weighted by atomic mass is 16.5. The summed E-state index contributed by atoms with van der Waals surface area (Å²) in [7, 11) is 0. The number of rotatable bonds is 3. The second kappa shape index (κ2) is 6.15. The van der Waals surface area contributed by atoms with Crippen molar-refractivity contribution in [2.45, 2.75) is 25.4 Å². The topological polar surface area (TPSA) is 54.0 Å². The van der Waals surface area contributed by atoms with Gasteiger partial charge in [-0.1, -0.05) is 6.07 Å². The van der Waals surface area contributed by atoms with Crippen LogP contribution in [0, 0.1) is 5.92 Å². The molecule has 0 spiro atoms. The van der Waals surface area contributed by atoms with Crippen LogP contribution in [-0.2, 0) is 0 Å². The summed E-state index contributed by atoms with van der Waals surface area (Å²) < 4.78 is 6.14. The highest BCUT2D eigenvalue weighted by Gasteiger charge is 2.33. The second-order valence-electron chi connectivity index (χ2n) is 7.18. The van der Waals surface area contributed by atoms with Crippen molar-refractivity contribution >= 4 is 10.9 Å². The number of nitrogens with one attached hydrogen (secondary N) is 1. The van der Waals surface area contributed by atoms with Crippen LogP contribution in [0.3, 0.4) is 0 Å².